The summed E-state index contributed by atoms with van der Waals surface area (Å²) >= 11 is 6.27. The Morgan fingerprint density at radius 1 is 1.17 bits per heavy atom. The molecule has 0 spiro atoms. The Hall–Kier alpha value is -3.36. The van der Waals surface area contributed by atoms with Crippen LogP contribution in [0.5, 0.6) is 0 Å². The zero-order chi connectivity index (χ0) is 21.5. The highest BCUT2D eigenvalue weighted by molar-refractivity contribution is 6.31. The largest absolute Gasteiger partial charge is 0.461 e. The molecule has 0 fully saturated rings. The van der Waals surface area contributed by atoms with E-state index in [2.05, 4.69) is 20.0 Å². The molecule has 1 atom stereocenters. The van der Waals surface area contributed by atoms with E-state index in [1.165, 1.54) is 7.11 Å². The molecule has 156 valence electrons. The number of carbonyl (C=O) groups excluding carboxylic acids is 2. The number of hydrogen-bond donors (Lipinski definition) is 3. The number of aromatic nitrogens is 2. The van der Waals surface area contributed by atoms with Crippen LogP contribution in [-0.2, 0) is 20.9 Å². The topological polar surface area (TPSA) is 119 Å². The molecule has 1 aromatic heterocycles. The molecular formula is C21H21ClN4O4. The number of methoxy groups -OCH3 is 1. The van der Waals surface area contributed by atoms with E-state index in [0.29, 0.717) is 22.4 Å². The minimum atomic E-state index is -0.695. The van der Waals surface area contributed by atoms with Crippen LogP contribution < -0.4 is 11.1 Å². The van der Waals surface area contributed by atoms with E-state index < -0.39 is 18.1 Å². The Kier molecular flexibility index (Phi) is 7.05. The summed E-state index contributed by atoms with van der Waals surface area (Å²) in [7, 11) is 1.29. The standard InChI is InChI=1S/C21H21ClN4O4/c1-29-21(28)24-15-9-7-14(8-10-15)18-19(22)26-20(25-18)16(23)11-17(27)30-12-13-5-3-2-4-6-13/h2-10,16H,11-12,23H2,1H3,(H,24,28)(H,25,26). The lowest BCUT2D eigenvalue weighted by atomic mass is 10.1. The number of nitrogens with zero attached hydrogens (tertiary/aromatic N) is 1. The summed E-state index contributed by atoms with van der Waals surface area (Å²) in [4.78, 5) is 30.7. The second-order valence-corrected chi connectivity index (χ2v) is 6.81. The van der Waals surface area contributed by atoms with Gasteiger partial charge in [0.15, 0.2) is 0 Å². The van der Waals surface area contributed by atoms with Crippen molar-refractivity contribution in [2.75, 3.05) is 12.4 Å². The molecule has 0 aliphatic rings. The number of nitrogens with one attached hydrogen (secondary N) is 2. The third-order valence-electron chi connectivity index (χ3n) is 4.25. The summed E-state index contributed by atoms with van der Waals surface area (Å²) in [5.74, 6) is -0.0536. The fourth-order valence-corrected chi connectivity index (χ4v) is 2.94. The van der Waals surface area contributed by atoms with Crippen molar-refractivity contribution in [1.29, 1.82) is 0 Å². The van der Waals surface area contributed by atoms with Crippen molar-refractivity contribution in [3.05, 3.63) is 71.1 Å². The van der Waals surface area contributed by atoms with Crippen LogP contribution in [0.3, 0.4) is 0 Å². The van der Waals surface area contributed by atoms with E-state index in [1.807, 2.05) is 30.3 Å². The second kappa shape index (κ2) is 9.91. The zero-order valence-electron chi connectivity index (χ0n) is 16.2. The van der Waals surface area contributed by atoms with Crippen LogP contribution in [0.1, 0.15) is 23.9 Å². The van der Waals surface area contributed by atoms with Crippen LogP contribution in [-0.4, -0.2) is 29.1 Å². The monoisotopic (exact) mass is 428 g/mol. The van der Waals surface area contributed by atoms with E-state index in [4.69, 9.17) is 22.1 Å². The number of ether oxygens (including phenoxy) is 2. The molecule has 0 aliphatic heterocycles. The molecule has 9 heteroatoms. The van der Waals surface area contributed by atoms with Crippen LogP contribution in [0.15, 0.2) is 54.6 Å². The predicted molar refractivity (Wildman–Crippen MR) is 113 cm³/mol. The molecule has 3 aromatic rings. The van der Waals surface area contributed by atoms with Gasteiger partial charge >= 0.3 is 12.1 Å². The van der Waals surface area contributed by atoms with Crippen LogP contribution >= 0.6 is 11.6 Å². The van der Waals surface area contributed by atoms with Gasteiger partial charge in [0.1, 0.15) is 23.3 Å². The Labute approximate surface area is 178 Å². The summed E-state index contributed by atoms with van der Waals surface area (Å²) in [6.45, 7) is 0.183. The van der Waals surface area contributed by atoms with Crippen molar-refractivity contribution in [3.8, 4) is 11.3 Å². The highest BCUT2D eigenvalue weighted by Gasteiger charge is 2.19. The number of hydrogen-bond acceptors (Lipinski definition) is 6. The Bertz CT molecular complexity index is 1010. The van der Waals surface area contributed by atoms with Gasteiger partial charge in [-0.25, -0.2) is 9.78 Å². The lowest BCUT2D eigenvalue weighted by molar-refractivity contribution is -0.145. The van der Waals surface area contributed by atoms with Crippen molar-refractivity contribution in [2.45, 2.75) is 19.1 Å². The highest BCUT2D eigenvalue weighted by Crippen LogP contribution is 2.28. The summed E-state index contributed by atoms with van der Waals surface area (Å²) in [5.41, 5.74) is 8.78. The molecule has 0 aliphatic carbocycles. The van der Waals surface area contributed by atoms with Crippen molar-refractivity contribution in [3.63, 3.8) is 0 Å². The molecule has 1 unspecified atom stereocenters. The van der Waals surface area contributed by atoms with E-state index in [-0.39, 0.29) is 13.0 Å². The average molecular weight is 429 g/mol. The van der Waals surface area contributed by atoms with Crippen LogP contribution in [0, 0.1) is 0 Å². The normalized spacial score (nSPS) is 11.6. The number of rotatable bonds is 7. The lowest BCUT2D eigenvalue weighted by Gasteiger charge is -2.09. The highest BCUT2D eigenvalue weighted by atomic mass is 35.5. The number of carbonyl (C=O) groups is 2. The molecule has 30 heavy (non-hydrogen) atoms. The SMILES string of the molecule is COC(=O)Nc1ccc(-c2nc(C(N)CC(=O)OCc3ccccc3)[nH]c2Cl)cc1. The molecule has 3 rings (SSSR count). The quantitative estimate of drug-likeness (QED) is 0.488. The Morgan fingerprint density at radius 3 is 2.53 bits per heavy atom. The molecule has 8 nitrogen and oxygen atoms in total. The summed E-state index contributed by atoms with van der Waals surface area (Å²) in [6, 6.07) is 15.6. The van der Waals surface area contributed by atoms with E-state index in [0.717, 1.165) is 11.1 Å². The number of anilines is 1. The van der Waals surface area contributed by atoms with Gasteiger partial charge in [-0.2, -0.15) is 0 Å². The molecule has 0 saturated heterocycles. The van der Waals surface area contributed by atoms with Crippen molar-refractivity contribution >= 4 is 29.4 Å². The average Bonchev–Trinajstić information content (AvgIpc) is 3.15. The summed E-state index contributed by atoms with van der Waals surface area (Å²) in [6.07, 6.45) is -0.606. The maximum atomic E-state index is 12.1. The van der Waals surface area contributed by atoms with E-state index in [1.54, 1.807) is 24.3 Å². The number of aromatic amines is 1. The number of nitrogens with two attached hydrogens (primary N) is 1. The third kappa shape index (κ3) is 5.59. The molecule has 0 radical (unpaired) electrons. The first-order chi connectivity index (χ1) is 14.5. The number of esters is 1. The Balaban J connectivity index is 1.62. The van der Waals surface area contributed by atoms with Crippen LogP contribution in [0.2, 0.25) is 5.15 Å². The second-order valence-electron chi connectivity index (χ2n) is 6.44. The van der Waals surface area contributed by atoms with Gasteiger partial charge in [0, 0.05) is 11.3 Å². The smallest absolute Gasteiger partial charge is 0.411 e. The zero-order valence-corrected chi connectivity index (χ0v) is 17.0. The maximum absolute atomic E-state index is 12.1. The fraction of sp³-hybridized carbons (Fsp3) is 0.190. The number of H-pyrrole nitrogens is 1. The first-order valence-electron chi connectivity index (χ1n) is 9.12. The lowest BCUT2D eigenvalue weighted by Crippen LogP contribution is -2.18. The number of benzene rings is 2. The van der Waals surface area contributed by atoms with Gasteiger partial charge < -0.3 is 20.2 Å². The number of amides is 1. The fourth-order valence-electron chi connectivity index (χ4n) is 2.69. The van der Waals surface area contributed by atoms with Crippen molar-refractivity contribution in [2.24, 2.45) is 5.73 Å². The van der Waals surface area contributed by atoms with Gasteiger partial charge in [0.2, 0.25) is 0 Å². The van der Waals surface area contributed by atoms with Crippen LogP contribution in [0.25, 0.3) is 11.3 Å². The summed E-state index contributed by atoms with van der Waals surface area (Å²) < 4.78 is 9.81. The maximum Gasteiger partial charge on any atom is 0.411 e. The van der Waals surface area contributed by atoms with Gasteiger partial charge in [-0.1, -0.05) is 54.1 Å². The molecule has 1 heterocycles. The molecular weight excluding hydrogens is 408 g/mol. The third-order valence-corrected chi connectivity index (χ3v) is 4.52. The molecule has 0 saturated carbocycles. The van der Waals surface area contributed by atoms with Crippen LogP contribution in [0.4, 0.5) is 10.5 Å². The summed E-state index contributed by atoms with van der Waals surface area (Å²) in [5, 5.41) is 2.86. The molecule has 0 bridgehead atoms. The minimum Gasteiger partial charge on any atom is -0.461 e. The number of halogens is 1. The van der Waals surface area contributed by atoms with Gasteiger partial charge in [0.25, 0.3) is 0 Å². The molecule has 1 amide bonds. The molecule has 4 N–H and O–H groups in total. The van der Waals surface area contributed by atoms with Crippen molar-refractivity contribution in [1.82, 2.24) is 9.97 Å². The van der Waals surface area contributed by atoms with Gasteiger partial charge in [0.05, 0.1) is 19.6 Å². The van der Waals surface area contributed by atoms with Gasteiger partial charge in [-0.05, 0) is 17.7 Å². The first-order valence-corrected chi connectivity index (χ1v) is 9.50. The van der Waals surface area contributed by atoms with E-state index in [9.17, 15) is 9.59 Å². The van der Waals surface area contributed by atoms with Gasteiger partial charge in [-0.3, -0.25) is 10.1 Å². The number of imidazole rings is 1. The first kappa shape index (κ1) is 21.4. The van der Waals surface area contributed by atoms with Crippen molar-refractivity contribution < 1.29 is 19.1 Å². The van der Waals surface area contributed by atoms with Gasteiger partial charge in [-0.15, -0.1) is 0 Å². The Morgan fingerprint density at radius 2 is 1.87 bits per heavy atom. The molecule has 2 aromatic carbocycles. The van der Waals surface area contributed by atoms with E-state index >= 15 is 0 Å². The minimum absolute atomic E-state index is 0.0435. The predicted octanol–water partition coefficient (Wildman–Crippen LogP) is 4.04.